The minimum absolute atomic E-state index is 0.0631. The van der Waals surface area contributed by atoms with Gasteiger partial charge in [-0.25, -0.2) is 8.78 Å². The van der Waals surface area contributed by atoms with Gasteiger partial charge in [-0.3, -0.25) is 0 Å². The lowest BCUT2D eigenvalue weighted by atomic mass is 10.2. The van der Waals surface area contributed by atoms with Gasteiger partial charge in [0, 0.05) is 0 Å². The van der Waals surface area contributed by atoms with Crippen molar-refractivity contribution in [2.45, 2.75) is 0 Å². The first-order valence-corrected chi connectivity index (χ1v) is 4.85. The second kappa shape index (κ2) is 4.29. The highest BCUT2D eigenvalue weighted by Crippen LogP contribution is 2.30. The summed E-state index contributed by atoms with van der Waals surface area (Å²) in [5.74, 6) is -1.74. The second-order valence-electron chi connectivity index (χ2n) is 3.42. The van der Waals surface area contributed by atoms with Crippen LogP contribution in [0, 0.1) is 11.6 Å². The molecule has 2 aromatic carbocycles. The van der Waals surface area contributed by atoms with Crippen molar-refractivity contribution in [1.29, 1.82) is 0 Å². The summed E-state index contributed by atoms with van der Waals surface area (Å²) in [6, 6.07) is 8.51. The highest BCUT2D eigenvalue weighted by atomic mass is 19.1. The molecule has 0 fully saturated rings. The van der Waals surface area contributed by atoms with Gasteiger partial charge in [-0.1, -0.05) is 12.1 Å². The first-order chi connectivity index (χ1) is 8.09. The summed E-state index contributed by atoms with van der Waals surface area (Å²) >= 11 is 0. The Morgan fingerprint density at radius 3 is 1.59 bits per heavy atom. The lowest BCUT2D eigenvalue weighted by molar-refractivity contribution is 0.417. The normalized spacial score (nSPS) is 10.2. The molecule has 0 saturated heterocycles. The van der Waals surface area contributed by atoms with E-state index < -0.39 is 11.6 Å². The van der Waals surface area contributed by atoms with Crippen molar-refractivity contribution in [3.8, 4) is 11.5 Å². The molecule has 17 heavy (non-hydrogen) atoms. The van der Waals surface area contributed by atoms with Gasteiger partial charge in [0.1, 0.15) is 0 Å². The van der Waals surface area contributed by atoms with Gasteiger partial charge in [0.15, 0.2) is 23.1 Å². The van der Waals surface area contributed by atoms with E-state index in [1.54, 1.807) is 0 Å². The molecule has 5 heteroatoms. The number of nitrogen functional groups attached to an aromatic ring is 2. The number of rotatable bonds is 2. The van der Waals surface area contributed by atoms with Crippen LogP contribution in [0.3, 0.4) is 0 Å². The molecule has 4 N–H and O–H groups in total. The molecule has 0 bridgehead atoms. The predicted octanol–water partition coefficient (Wildman–Crippen LogP) is 2.92. The van der Waals surface area contributed by atoms with E-state index in [1.165, 1.54) is 36.4 Å². The van der Waals surface area contributed by atoms with Gasteiger partial charge in [-0.2, -0.15) is 0 Å². The SMILES string of the molecule is Nc1cccc(Oc2cccc(N)c2F)c1F. The van der Waals surface area contributed by atoms with Crippen LogP contribution in [-0.4, -0.2) is 0 Å². The number of benzene rings is 2. The molecule has 2 rings (SSSR count). The molecule has 0 unspecified atom stereocenters. The van der Waals surface area contributed by atoms with Crippen LogP contribution in [-0.2, 0) is 0 Å². The fourth-order valence-electron chi connectivity index (χ4n) is 1.33. The maximum atomic E-state index is 13.5. The molecule has 2 aromatic rings. The summed E-state index contributed by atoms with van der Waals surface area (Å²) in [5, 5.41) is 0. The Morgan fingerprint density at radius 1 is 0.765 bits per heavy atom. The van der Waals surface area contributed by atoms with Gasteiger partial charge in [-0.15, -0.1) is 0 Å². The highest BCUT2D eigenvalue weighted by Gasteiger charge is 2.11. The summed E-state index contributed by atoms with van der Waals surface area (Å²) in [6.45, 7) is 0. The average molecular weight is 236 g/mol. The molecule has 0 radical (unpaired) electrons. The van der Waals surface area contributed by atoms with Gasteiger partial charge >= 0.3 is 0 Å². The van der Waals surface area contributed by atoms with E-state index in [1.807, 2.05) is 0 Å². The van der Waals surface area contributed by atoms with Crippen molar-refractivity contribution in [3.05, 3.63) is 48.0 Å². The maximum absolute atomic E-state index is 13.5. The van der Waals surface area contributed by atoms with Crippen LogP contribution in [0.25, 0.3) is 0 Å². The smallest absolute Gasteiger partial charge is 0.188 e. The topological polar surface area (TPSA) is 61.3 Å². The van der Waals surface area contributed by atoms with Gasteiger partial charge in [0.05, 0.1) is 11.4 Å². The number of hydrogen-bond acceptors (Lipinski definition) is 3. The summed E-state index contributed by atoms with van der Waals surface area (Å²) in [4.78, 5) is 0. The van der Waals surface area contributed by atoms with Crippen LogP contribution in [0.1, 0.15) is 0 Å². The van der Waals surface area contributed by atoms with Gasteiger partial charge in [0.25, 0.3) is 0 Å². The van der Waals surface area contributed by atoms with Gasteiger partial charge < -0.3 is 16.2 Å². The molecule has 0 heterocycles. The molecule has 88 valence electrons. The molecule has 0 saturated carbocycles. The minimum atomic E-state index is -0.727. The van der Waals surface area contributed by atoms with Gasteiger partial charge in [0.2, 0.25) is 0 Å². The third-order valence-corrected chi connectivity index (χ3v) is 2.21. The first kappa shape index (κ1) is 11.2. The molecule has 3 nitrogen and oxygen atoms in total. The fraction of sp³-hybridized carbons (Fsp3) is 0. The highest BCUT2D eigenvalue weighted by molar-refractivity contribution is 5.50. The van der Waals surface area contributed by atoms with Crippen LogP contribution in [0.5, 0.6) is 11.5 Å². The monoisotopic (exact) mass is 236 g/mol. The van der Waals surface area contributed by atoms with E-state index in [0.29, 0.717) is 0 Å². The predicted molar refractivity (Wildman–Crippen MR) is 61.7 cm³/mol. The Kier molecular flexibility index (Phi) is 2.82. The Hall–Kier alpha value is -2.30. The zero-order valence-corrected chi connectivity index (χ0v) is 8.78. The number of nitrogens with two attached hydrogens (primary N) is 2. The van der Waals surface area contributed by atoms with Crippen molar-refractivity contribution < 1.29 is 13.5 Å². The number of hydrogen-bond donors (Lipinski definition) is 2. The summed E-state index contributed by atoms with van der Waals surface area (Å²) < 4.78 is 32.1. The molecular weight excluding hydrogens is 226 g/mol. The zero-order valence-electron chi connectivity index (χ0n) is 8.78. The van der Waals surface area contributed by atoms with E-state index >= 15 is 0 Å². The van der Waals surface area contributed by atoms with Crippen LogP contribution < -0.4 is 16.2 Å². The standard InChI is InChI=1S/C12H10F2N2O/c13-11-7(15)3-1-5-9(11)17-10-6-2-4-8(16)12(10)14/h1-6H,15-16H2. The van der Waals surface area contributed by atoms with E-state index in [-0.39, 0.29) is 22.9 Å². The van der Waals surface area contributed by atoms with Crippen molar-refractivity contribution in [3.63, 3.8) is 0 Å². The third-order valence-electron chi connectivity index (χ3n) is 2.21. The first-order valence-electron chi connectivity index (χ1n) is 4.85. The van der Waals surface area contributed by atoms with Crippen LogP contribution >= 0.6 is 0 Å². The maximum Gasteiger partial charge on any atom is 0.188 e. The van der Waals surface area contributed by atoms with Crippen molar-refractivity contribution in [2.75, 3.05) is 11.5 Å². The lowest BCUT2D eigenvalue weighted by Crippen LogP contribution is -1.97. The van der Waals surface area contributed by atoms with Crippen LogP contribution in [0.2, 0.25) is 0 Å². The Morgan fingerprint density at radius 2 is 1.18 bits per heavy atom. The summed E-state index contributed by atoms with van der Waals surface area (Å²) in [5.41, 5.74) is 10.6. The van der Waals surface area contributed by atoms with Crippen molar-refractivity contribution in [1.82, 2.24) is 0 Å². The van der Waals surface area contributed by atoms with E-state index in [4.69, 9.17) is 16.2 Å². The second-order valence-corrected chi connectivity index (χ2v) is 3.42. The summed E-state index contributed by atoms with van der Waals surface area (Å²) in [7, 11) is 0. The average Bonchev–Trinajstić information content (AvgIpc) is 2.31. The van der Waals surface area contributed by atoms with Crippen molar-refractivity contribution in [2.24, 2.45) is 0 Å². The number of halogens is 2. The molecule has 0 spiro atoms. The van der Waals surface area contributed by atoms with Crippen molar-refractivity contribution >= 4 is 11.4 Å². The van der Waals surface area contributed by atoms with Gasteiger partial charge in [-0.05, 0) is 24.3 Å². The Bertz CT molecular complexity index is 509. The van der Waals surface area contributed by atoms with E-state index in [9.17, 15) is 8.78 Å². The molecule has 0 atom stereocenters. The molecule has 0 amide bonds. The Balaban J connectivity index is 2.38. The molecule has 0 aromatic heterocycles. The largest absolute Gasteiger partial charge is 0.451 e. The quantitative estimate of drug-likeness (QED) is 0.788. The zero-order chi connectivity index (χ0) is 12.4. The number of ether oxygens (including phenoxy) is 1. The van der Waals surface area contributed by atoms with E-state index in [0.717, 1.165) is 0 Å². The van der Waals surface area contributed by atoms with Crippen LogP contribution in [0.4, 0.5) is 20.2 Å². The molecule has 0 aliphatic heterocycles. The minimum Gasteiger partial charge on any atom is -0.451 e. The molecule has 0 aliphatic carbocycles. The Labute approximate surface area is 96.6 Å². The number of anilines is 2. The van der Waals surface area contributed by atoms with Crippen LogP contribution in [0.15, 0.2) is 36.4 Å². The lowest BCUT2D eigenvalue weighted by Gasteiger charge is -2.09. The fourth-order valence-corrected chi connectivity index (χ4v) is 1.33. The molecular formula is C12H10F2N2O. The summed E-state index contributed by atoms with van der Waals surface area (Å²) in [6.07, 6.45) is 0. The van der Waals surface area contributed by atoms with E-state index in [2.05, 4.69) is 0 Å². The molecule has 0 aliphatic rings. The third kappa shape index (κ3) is 2.13.